The molecule has 2 aromatic rings. The van der Waals surface area contributed by atoms with Gasteiger partial charge in [-0.1, -0.05) is 23.7 Å². The molecule has 0 amide bonds. The normalized spacial score (nSPS) is 21.0. The van der Waals surface area contributed by atoms with E-state index in [0.717, 1.165) is 35.7 Å². The fourth-order valence-corrected chi connectivity index (χ4v) is 4.11. The molecule has 1 aliphatic rings. The van der Waals surface area contributed by atoms with Crippen molar-refractivity contribution in [3.05, 3.63) is 46.5 Å². The van der Waals surface area contributed by atoms with E-state index in [4.69, 9.17) is 11.6 Å². The molecular weight excluding hydrogens is 374 g/mol. The summed E-state index contributed by atoms with van der Waals surface area (Å²) in [7, 11) is 5.95. The van der Waals surface area contributed by atoms with Crippen molar-refractivity contribution >= 4 is 17.6 Å². The number of hydrogen-bond donors (Lipinski definition) is 2. The summed E-state index contributed by atoms with van der Waals surface area (Å²) in [6.45, 7) is 4.48. The average Bonchev–Trinajstić information content (AvgIpc) is 3.00. The Bertz CT molecular complexity index is 817. The van der Waals surface area contributed by atoms with E-state index in [1.165, 1.54) is 18.4 Å². The van der Waals surface area contributed by atoms with Crippen molar-refractivity contribution in [2.75, 3.05) is 27.2 Å². The first kappa shape index (κ1) is 20.6. The Morgan fingerprint density at radius 2 is 2.11 bits per heavy atom. The van der Waals surface area contributed by atoms with E-state index in [9.17, 15) is 0 Å². The number of likely N-dealkylation sites (tertiary alicyclic amines) is 1. The molecule has 1 aromatic heterocycles. The zero-order chi connectivity index (χ0) is 20.1. The molecule has 1 fully saturated rings. The molecule has 2 unspecified atom stereocenters. The maximum absolute atomic E-state index is 6.25. The number of nitrogens with one attached hydrogen (secondary N) is 2. The first-order chi connectivity index (χ1) is 13.5. The van der Waals surface area contributed by atoms with Crippen LogP contribution in [0.3, 0.4) is 0 Å². The SMILES string of the molecule is CN=C(NCc1nnc(C)n1C)NCC1CCCN(C)C1c1cccc(Cl)c1. The Morgan fingerprint density at radius 1 is 1.29 bits per heavy atom. The van der Waals surface area contributed by atoms with Crippen LogP contribution in [-0.4, -0.2) is 52.8 Å². The molecule has 0 radical (unpaired) electrons. The van der Waals surface area contributed by atoms with Gasteiger partial charge in [-0.05, 0) is 57.0 Å². The van der Waals surface area contributed by atoms with Crippen LogP contribution in [0.2, 0.25) is 5.02 Å². The van der Waals surface area contributed by atoms with Crippen LogP contribution in [0.15, 0.2) is 29.3 Å². The molecule has 0 aliphatic carbocycles. The van der Waals surface area contributed by atoms with Crippen LogP contribution >= 0.6 is 11.6 Å². The number of aromatic nitrogens is 3. The number of aryl methyl sites for hydroxylation is 1. The Kier molecular flexibility index (Phi) is 6.91. The van der Waals surface area contributed by atoms with Crippen molar-refractivity contribution in [2.45, 2.75) is 32.4 Å². The highest BCUT2D eigenvalue weighted by molar-refractivity contribution is 6.30. The summed E-state index contributed by atoms with van der Waals surface area (Å²) >= 11 is 6.25. The molecule has 152 valence electrons. The van der Waals surface area contributed by atoms with E-state index < -0.39 is 0 Å². The van der Waals surface area contributed by atoms with Gasteiger partial charge in [-0.25, -0.2) is 0 Å². The second-order valence-corrected chi connectivity index (χ2v) is 7.85. The monoisotopic (exact) mass is 403 g/mol. The molecule has 3 rings (SSSR count). The highest BCUT2D eigenvalue weighted by atomic mass is 35.5. The summed E-state index contributed by atoms with van der Waals surface area (Å²) in [5, 5.41) is 15.9. The van der Waals surface area contributed by atoms with Gasteiger partial charge in [-0.15, -0.1) is 10.2 Å². The highest BCUT2D eigenvalue weighted by Gasteiger charge is 2.30. The van der Waals surface area contributed by atoms with E-state index in [1.807, 2.05) is 30.7 Å². The van der Waals surface area contributed by atoms with Gasteiger partial charge in [-0.3, -0.25) is 9.89 Å². The fraction of sp³-hybridized carbons (Fsp3) is 0.550. The molecule has 0 bridgehead atoms. The first-order valence-electron chi connectivity index (χ1n) is 9.74. The number of nitrogens with zero attached hydrogens (tertiary/aromatic N) is 5. The van der Waals surface area contributed by atoms with Crippen LogP contribution < -0.4 is 10.6 Å². The van der Waals surface area contributed by atoms with Gasteiger partial charge in [0.05, 0.1) is 6.54 Å². The van der Waals surface area contributed by atoms with Gasteiger partial charge in [0, 0.05) is 31.7 Å². The fourth-order valence-electron chi connectivity index (χ4n) is 3.91. The predicted octanol–water partition coefficient (Wildman–Crippen LogP) is 2.53. The number of aliphatic imine (C=N–C) groups is 1. The van der Waals surface area contributed by atoms with E-state index in [-0.39, 0.29) is 0 Å². The number of halogens is 1. The minimum absolute atomic E-state index is 0.347. The largest absolute Gasteiger partial charge is 0.356 e. The highest BCUT2D eigenvalue weighted by Crippen LogP contribution is 2.35. The minimum Gasteiger partial charge on any atom is -0.356 e. The van der Waals surface area contributed by atoms with E-state index >= 15 is 0 Å². The summed E-state index contributed by atoms with van der Waals surface area (Å²) in [6.07, 6.45) is 2.37. The second-order valence-electron chi connectivity index (χ2n) is 7.41. The number of hydrogen-bond acceptors (Lipinski definition) is 4. The second kappa shape index (κ2) is 9.39. The summed E-state index contributed by atoms with van der Waals surface area (Å²) in [4.78, 5) is 6.79. The summed E-state index contributed by atoms with van der Waals surface area (Å²) in [5.74, 6) is 3.04. The number of benzene rings is 1. The lowest BCUT2D eigenvalue weighted by atomic mass is 9.85. The van der Waals surface area contributed by atoms with Gasteiger partial charge in [-0.2, -0.15) is 0 Å². The van der Waals surface area contributed by atoms with Crippen molar-refractivity contribution in [1.29, 1.82) is 0 Å². The molecule has 1 aliphatic heterocycles. The summed E-state index contributed by atoms with van der Waals surface area (Å²) in [6, 6.07) is 8.58. The quantitative estimate of drug-likeness (QED) is 0.593. The molecule has 0 spiro atoms. The average molecular weight is 404 g/mol. The van der Waals surface area contributed by atoms with Crippen LogP contribution in [0.25, 0.3) is 0 Å². The van der Waals surface area contributed by atoms with Crippen LogP contribution in [0.1, 0.15) is 36.1 Å². The molecular formula is C20H30ClN7. The Labute approximate surface area is 172 Å². The third kappa shape index (κ3) is 4.83. The Hall–Kier alpha value is -2.12. The lowest BCUT2D eigenvalue weighted by Gasteiger charge is -2.40. The molecule has 2 N–H and O–H groups in total. The van der Waals surface area contributed by atoms with Crippen molar-refractivity contribution in [1.82, 2.24) is 30.3 Å². The molecule has 2 heterocycles. The molecule has 7 nitrogen and oxygen atoms in total. The van der Waals surface area contributed by atoms with Gasteiger partial charge in [0.15, 0.2) is 11.8 Å². The zero-order valence-electron chi connectivity index (χ0n) is 17.1. The van der Waals surface area contributed by atoms with Crippen molar-refractivity contribution in [3.63, 3.8) is 0 Å². The molecule has 1 saturated heterocycles. The maximum atomic E-state index is 6.25. The van der Waals surface area contributed by atoms with Crippen LogP contribution in [0.4, 0.5) is 0 Å². The third-order valence-corrected chi connectivity index (χ3v) is 5.78. The van der Waals surface area contributed by atoms with E-state index in [0.29, 0.717) is 18.5 Å². The molecule has 28 heavy (non-hydrogen) atoms. The lowest BCUT2D eigenvalue weighted by Crippen LogP contribution is -2.45. The smallest absolute Gasteiger partial charge is 0.191 e. The van der Waals surface area contributed by atoms with Gasteiger partial charge >= 0.3 is 0 Å². The number of piperidine rings is 1. The molecule has 1 aromatic carbocycles. The van der Waals surface area contributed by atoms with Crippen LogP contribution in [-0.2, 0) is 13.6 Å². The van der Waals surface area contributed by atoms with Gasteiger partial charge in [0.1, 0.15) is 5.82 Å². The Morgan fingerprint density at radius 3 is 2.79 bits per heavy atom. The Balaban J connectivity index is 1.62. The first-order valence-corrected chi connectivity index (χ1v) is 10.1. The summed E-state index contributed by atoms with van der Waals surface area (Å²) in [5.41, 5.74) is 1.28. The topological polar surface area (TPSA) is 70.4 Å². The zero-order valence-corrected chi connectivity index (χ0v) is 17.9. The van der Waals surface area contributed by atoms with E-state index in [2.05, 4.69) is 49.9 Å². The molecule has 0 saturated carbocycles. The summed E-state index contributed by atoms with van der Waals surface area (Å²) < 4.78 is 1.98. The number of guanidine groups is 1. The standard InChI is InChI=1S/C20H30ClN7/c1-14-25-26-18(28(14)4)13-24-20(22-2)23-12-16-8-6-10-27(3)19(16)15-7-5-9-17(21)11-15/h5,7,9,11,16,19H,6,8,10,12-13H2,1-4H3,(H2,22,23,24). The van der Waals surface area contributed by atoms with Crippen LogP contribution in [0, 0.1) is 12.8 Å². The predicted molar refractivity (Wildman–Crippen MR) is 113 cm³/mol. The van der Waals surface area contributed by atoms with Crippen molar-refractivity contribution < 1.29 is 0 Å². The molecule has 8 heteroatoms. The van der Waals surface area contributed by atoms with E-state index in [1.54, 1.807) is 7.05 Å². The van der Waals surface area contributed by atoms with Gasteiger partial charge in [0.2, 0.25) is 0 Å². The maximum Gasteiger partial charge on any atom is 0.191 e. The molecule has 2 atom stereocenters. The number of rotatable bonds is 5. The van der Waals surface area contributed by atoms with Gasteiger partial charge < -0.3 is 15.2 Å². The van der Waals surface area contributed by atoms with Crippen molar-refractivity contribution in [2.24, 2.45) is 18.0 Å². The van der Waals surface area contributed by atoms with Crippen molar-refractivity contribution in [3.8, 4) is 0 Å². The minimum atomic E-state index is 0.347. The lowest BCUT2D eigenvalue weighted by molar-refractivity contribution is 0.122. The third-order valence-electron chi connectivity index (χ3n) is 5.55. The van der Waals surface area contributed by atoms with Gasteiger partial charge in [0.25, 0.3) is 0 Å². The van der Waals surface area contributed by atoms with Crippen LogP contribution in [0.5, 0.6) is 0 Å².